The fraction of sp³-hybridized carbons (Fsp3) is 0.364. The molecular formula is C11H14N4O3. The third-order valence-corrected chi connectivity index (χ3v) is 2.40. The van der Waals surface area contributed by atoms with Crippen molar-refractivity contribution < 1.29 is 14.3 Å². The third kappa shape index (κ3) is 2.20. The van der Waals surface area contributed by atoms with E-state index in [4.69, 9.17) is 15.2 Å². The normalized spacial score (nSPS) is 10.6. The van der Waals surface area contributed by atoms with Crippen LogP contribution in [0.1, 0.15) is 6.92 Å². The van der Waals surface area contributed by atoms with Gasteiger partial charge >= 0.3 is 5.97 Å². The van der Waals surface area contributed by atoms with Gasteiger partial charge in [-0.2, -0.15) is 4.98 Å². The molecule has 2 heterocycles. The topological polar surface area (TPSA) is 92.3 Å². The Morgan fingerprint density at radius 2 is 2.22 bits per heavy atom. The highest BCUT2D eigenvalue weighted by molar-refractivity contribution is 5.78. The standard InChI is InChI=1S/C11H14N4O3/c1-3-18-9(16)6-15-10-7(13-11(15)12)4-5-8(14-10)17-2/h4-5H,3,6H2,1-2H3,(H2,12,13). The molecule has 0 spiro atoms. The maximum absolute atomic E-state index is 11.5. The van der Waals surface area contributed by atoms with Crippen molar-refractivity contribution in [3.8, 4) is 5.88 Å². The fourth-order valence-corrected chi connectivity index (χ4v) is 1.61. The molecule has 0 radical (unpaired) electrons. The monoisotopic (exact) mass is 250 g/mol. The van der Waals surface area contributed by atoms with E-state index in [0.717, 1.165) is 0 Å². The minimum absolute atomic E-state index is 0.0175. The number of pyridine rings is 1. The lowest BCUT2D eigenvalue weighted by molar-refractivity contribution is -0.143. The maximum Gasteiger partial charge on any atom is 0.326 e. The fourth-order valence-electron chi connectivity index (χ4n) is 1.61. The van der Waals surface area contributed by atoms with E-state index < -0.39 is 0 Å². The largest absolute Gasteiger partial charge is 0.481 e. The summed E-state index contributed by atoms with van der Waals surface area (Å²) in [5.41, 5.74) is 6.86. The zero-order valence-electron chi connectivity index (χ0n) is 10.2. The summed E-state index contributed by atoms with van der Waals surface area (Å²) in [6.07, 6.45) is 0. The van der Waals surface area contributed by atoms with E-state index in [1.807, 2.05) is 0 Å². The lowest BCUT2D eigenvalue weighted by atomic mass is 10.4. The number of rotatable bonds is 4. The van der Waals surface area contributed by atoms with Crippen molar-refractivity contribution in [2.45, 2.75) is 13.5 Å². The van der Waals surface area contributed by atoms with Gasteiger partial charge in [0, 0.05) is 6.07 Å². The molecular weight excluding hydrogens is 236 g/mol. The van der Waals surface area contributed by atoms with Gasteiger partial charge in [-0.15, -0.1) is 0 Å². The lowest BCUT2D eigenvalue weighted by Gasteiger charge is -2.05. The smallest absolute Gasteiger partial charge is 0.326 e. The minimum Gasteiger partial charge on any atom is -0.481 e. The summed E-state index contributed by atoms with van der Waals surface area (Å²) >= 11 is 0. The van der Waals surface area contributed by atoms with Gasteiger partial charge in [-0.05, 0) is 13.0 Å². The van der Waals surface area contributed by atoms with Crippen LogP contribution in [0.3, 0.4) is 0 Å². The lowest BCUT2D eigenvalue weighted by Crippen LogP contribution is -2.15. The summed E-state index contributed by atoms with van der Waals surface area (Å²) < 4.78 is 11.4. The first-order valence-corrected chi connectivity index (χ1v) is 5.48. The predicted octanol–water partition coefficient (Wildman–Crippen LogP) is 0.585. The van der Waals surface area contributed by atoms with E-state index in [1.165, 1.54) is 11.7 Å². The van der Waals surface area contributed by atoms with Crippen LogP contribution in [-0.4, -0.2) is 34.2 Å². The van der Waals surface area contributed by atoms with Gasteiger partial charge in [0.2, 0.25) is 11.8 Å². The molecule has 0 aliphatic heterocycles. The number of esters is 1. The highest BCUT2D eigenvalue weighted by Gasteiger charge is 2.14. The molecule has 7 nitrogen and oxygen atoms in total. The second-order valence-corrected chi connectivity index (χ2v) is 3.56. The van der Waals surface area contributed by atoms with Crippen LogP contribution < -0.4 is 10.5 Å². The zero-order chi connectivity index (χ0) is 13.1. The first kappa shape index (κ1) is 12.2. The molecule has 0 unspecified atom stereocenters. The first-order valence-electron chi connectivity index (χ1n) is 5.48. The molecule has 0 aliphatic carbocycles. The van der Waals surface area contributed by atoms with Crippen molar-refractivity contribution >= 4 is 23.1 Å². The van der Waals surface area contributed by atoms with E-state index in [-0.39, 0.29) is 18.5 Å². The second kappa shape index (κ2) is 4.91. The van der Waals surface area contributed by atoms with Gasteiger partial charge in [0.1, 0.15) is 12.1 Å². The number of aromatic nitrogens is 3. The number of anilines is 1. The highest BCUT2D eigenvalue weighted by atomic mass is 16.5. The maximum atomic E-state index is 11.5. The number of nitrogen functional groups attached to an aromatic ring is 1. The van der Waals surface area contributed by atoms with Crippen LogP contribution in [0.2, 0.25) is 0 Å². The van der Waals surface area contributed by atoms with Crippen molar-refractivity contribution in [2.75, 3.05) is 19.5 Å². The molecule has 0 saturated carbocycles. The summed E-state index contributed by atoms with van der Waals surface area (Å²) in [5, 5.41) is 0. The first-order chi connectivity index (χ1) is 8.65. The SMILES string of the molecule is CCOC(=O)Cn1c(N)nc2ccc(OC)nc21. The summed E-state index contributed by atoms with van der Waals surface area (Å²) in [4.78, 5) is 19.8. The molecule has 0 atom stereocenters. The van der Waals surface area contributed by atoms with Gasteiger partial charge in [0.25, 0.3) is 0 Å². The highest BCUT2D eigenvalue weighted by Crippen LogP contribution is 2.19. The predicted molar refractivity (Wildman–Crippen MR) is 65.1 cm³/mol. The van der Waals surface area contributed by atoms with E-state index in [0.29, 0.717) is 23.7 Å². The summed E-state index contributed by atoms with van der Waals surface area (Å²) in [5.74, 6) is 0.277. The number of nitrogens with zero attached hydrogens (tertiary/aromatic N) is 3. The van der Waals surface area contributed by atoms with Crippen LogP contribution >= 0.6 is 0 Å². The van der Waals surface area contributed by atoms with Crippen LogP contribution in [0.5, 0.6) is 5.88 Å². The summed E-state index contributed by atoms with van der Waals surface area (Å²) in [6, 6.07) is 3.42. The van der Waals surface area contributed by atoms with Gasteiger partial charge in [0.15, 0.2) is 5.65 Å². The molecule has 2 aromatic rings. The van der Waals surface area contributed by atoms with Gasteiger partial charge in [-0.1, -0.05) is 0 Å². The Morgan fingerprint density at radius 1 is 1.44 bits per heavy atom. The molecule has 96 valence electrons. The average Bonchev–Trinajstić information content (AvgIpc) is 2.65. The summed E-state index contributed by atoms with van der Waals surface area (Å²) in [6.45, 7) is 2.05. The molecule has 0 bridgehead atoms. The second-order valence-electron chi connectivity index (χ2n) is 3.56. The molecule has 2 rings (SSSR count). The average molecular weight is 250 g/mol. The molecule has 2 aromatic heterocycles. The molecule has 0 aromatic carbocycles. The molecule has 0 fully saturated rings. The number of hydrogen-bond donors (Lipinski definition) is 1. The van der Waals surface area contributed by atoms with Gasteiger partial charge in [-0.3, -0.25) is 9.36 Å². The number of carbonyl (C=O) groups is 1. The number of fused-ring (bicyclic) bond motifs is 1. The molecule has 18 heavy (non-hydrogen) atoms. The summed E-state index contributed by atoms with van der Waals surface area (Å²) in [7, 11) is 1.52. The molecule has 0 aliphatic rings. The Balaban J connectivity index is 2.41. The number of nitrogens with two attached hydrogens (primary N) is 1. The Kier molecular flexibility index (Phi) is 3.31. The van der Waals surface area contributed by atoms with Crippen molar-refractivity contribution in [1.29, 1.82) is 0 Å². The number of ether oxygens (including phenoxy) is 2. The van der Waals surface area contributed by atoms with Crippen LogP contribution in [0.4, 0.5) is 5.95 Å². The number of methoxy groups -OCH3 is 1. The Bertz CT molecular complexity index is 579. The number of carbonyl (C=O) groups excluding carboxylic acids is 1. The van der Waals surface area contributed by atoms with E-state index >= 15 is 0 Å². The van der Waals surface area contributed by atoms with Gasteiger partial charge in [-0.25, -0.2) is 4.98 Å². The third-order valence-electron chi connectivity index (χ3n) is 2.40. The Morgan fingerprint density at radius 3 is 2.89 bits per heavy atom. The van der Waals surface area contributed by atoms with Crippen LogP contribution in [0.25, 0.3) is 11.2 Å². The van der Waals surface area contributed by atoms with E-state index in [1.54, 1.807) is 19.1 Å². The molecule has 0 amide bonds. The zero-order valence-corrected chi connectivity index (χ0v) is 10.2. The van der Waals surface area contributed by atoms with Crippen molar-refractivity contribution in [3.63, 3.8) is 0 Å². The Labute approximate surface area is 104 Å². The molecule has 2 N–H and O–H groups in total. The van der Waals surface area contributed by atoms with Crippen molar-refractivity contribution in [2.24, 2.45) is 0 Å². The molecule has 7 heteroatoms. The van der Waals surface area contributed by atoms with Crippen LogP contribution in [-0.2, 0) is 16.1 Å². The van der Waals surface area contributed by atoms with Gasteiger partial charge < -0.3 is 15.2 Å². The Hall–Kier alpha value is -2.31. The molecule has 0 saturated heterocycles. The van der Waals surface area contributed by atoms with Crippen molar-refractivity contribution in [3.05, 3.63) is 12.1 Å². The minimum atomic E-state index is -0.381. The van der Waals surface area contributed by atoms with Gasteiger partial charge in [0.05, 0.1) is 13.7 Å². The number of hydrogen-bond acceptors (Lipinski definition) is 6. The van der Waals surface area contributed by atoms with Crippen LogP contribution in [0.15, 0.2) is 12.1 Å². The number of imidazole rings is 1. The van der Waals surface area contributed by atoms with Crippen molar-refractivity contribution in [1.82, 2.24) is 14.5 Å². The quantitative estimate of drug-likeness (QED) is 0.798. The van der Waals surface area contributed by atoms with E-state index in [9.17, 15) is 4.79 Å². The van der Waals surface area contributed by atoms with Crippen LogP contribution in [0, 0.1) is 0 Å². The van der Waals surface area contributed by atoms with E-state index in [2.05, 4.69) is 9.97 Å².